The van der Waals surface area contributed by atoms with Gasteiger partial charge in [-0.3, -0.25) is 9.89 Å². The fourth-order valence-corrected chi connectivity index (χ4v) is 1.69. The second-order valence-corrected chi connectivity index (χ2v) is 4.54. The van der Waals surface area contributed by atoms with Crippen molar-refractivity contribution in [2.75, 3.05) is 5.32 Å². The van der Waals surface area contributed by atoms with Gasteiger partial charge in [0.05, 0.1) is 18.0 Å². The summed E-state index contributed by atoms with van der Waals surface area (Å²) in [5.41, 5.74) is 1.91. The first-order valence-corrected chi connectivity index (χ1v) is 6.15. The Hall–Kier alpha value is -2.30. The smallest absolute Gasteiger partial charge is 0.274 e. The number of H-pyrrole nitrogens is 1. The molecule has 1 aromatic heterocycles. The van der Waals surface area contributed by atoms with Crippen LogP contribution in [0, 0.1) is 6.92 Å². The number of nitrogens with zero attached hydrogens (tertiary/aromatic N) is 1. The van der Waals surface area contributed by atoms with Gasteiger partial charge in [-0.2, -0.15) is 5.10 Å². The summed E-state index contributed by atoms with van der Waals surface area (Å²) in [5, 5.41) is 9.34. The maximum atomic E-state index is 12.1. The van der Waals surface area contributed by atoms with Crippen LogP contribution in [0.3, 0.4) is 0 Å². The van der Waals surface area contributed by atoms with Crippen molar-refractivity contribution in [2.24, 2.45) is 0 Å². The molecule has 5 nitrogen and oxygen atoms in total. The Balaban J connectivity index is 2.19. The zero-order valence-electron chi connectivity index (χ0n) is 11.2. The molecule has 5 heteroatoms. The number of aromatic amines is 1. The highest BCUT2D eigenvalue weighted by molar-refractivity contribution is 6.04. The monoisotopic (exact) mass is 259 g/mol. The molecule has 0 aliphatic carbocycles. The van der Waals surface area contributed by atoms with Gasteiger partial charge in [-0.05, 0) is 38.5 Å². The predicted molar refractivity (Wildman–Crippen MR) is 73.5 cm³/mol. The molecule has 2 aromatic rings. The number of anilines is 1. The molecule has 0 bridgehead atoms. The van der Waals surface area contributed by atoms with Crippen molar-refractivity contribution in [1.29, 1.82) is 0 Å². The van der Waals surface area contributed by atoms with Gasteiger partial charge in [0.2, 0.25) is 0 Å². The van der Waals surface area contributed by atoms with Gasteiger partial charge in [0.25, 0.3) is 5.91 Å². The van der Waals surface area contributed by atoms with Gasteiger partial charge >= 0.3 is 0 Å². The fraction of sp³-hybridized carbons (Fsp3) is 0.286. The summed E-state index contributed by atoms with van der Waals surface area (Å²) in [5.74, 6) is 0.429. The van der Waals surface area contributed by atoms with Crippen LogP contribution in [0.1, 0.15) is 29.9 Å². The Morgan fingerprint density at radius 1 is 1.37 bits per heavy atom. The summed E-state index contributed by atoms with van der Waals surface area (Å²) in [6.07, 6.45) is 1.66. The standard InChI is InChI=1S/C14H17N3O2/c1-9(2)19-12-7-5-4-6-11(12)16-14(18)13-10(3)8-15-17-13/h4-9H,1-3H3,(H,15,17)(H,16,18). The number of hydrogen-bond acceptors (Lipinski definition) is 3. The van der Waals surface area contributed by atoms with Gasteiger partial charge in [0, 0.05) is 0 Å². The molecule has 2 N–H and O–H groups in total. The number of hydrogen-bond donors (Lipinski definition) is 2. The fourth-order valence-electron chi connectivity index (χ4n) is 1.69. The molecule has 0 aliphatic heterocycles. The average molecular weight is 259 g/mol. The Bertz CT molecular complexity index is 576. The zero-order valence-corrected chi connectivity index (χ0v) is 11.2. The predicted octanol–water partition coefficient (Wildman–Crippen LogP) is 2.76. The lowest BCUT2D eigenvalue weighted by Crippen LogP contribution is -2.15. The number of rotatable bonds is 4. The van der Waals surface area contributed by atoms with Crippen LogP contribution < -0.4 is 10.1 Å². The first-order valence-electron chi connectivity index (χ1n) is 6.15. The number of aromatic nitrogens is 2. The van der Waals surface area contributed by atoms with E-state index in [0.29, 0.717) is 17.1 Å². The van der Waals surface area contributed by atoms with Gasteiger partial charge in [-0.1, -0.05) is 12.1 Å². The van der Waals surface area contributed by atoms with E-state index < -0.39 is 0 Å². The highest BCUT2D eigenvalue weighted by atomic mass is 16.5. The summed E-state index contributed by atoms with van der Waals surface area (Å²) in [6, 6.07) is 7.36. The summed E-state index contributed by atoms with van der Waals surface area (Å²) < 4.78 is 5.65. The molecule has 1 aromatic carbocycles. The molecule has 19 heavy (non-hydrogen) atoms. The van der Waals surface area contributed by atoms with Crippen molar-refractivity contribution in [3.63, 3.8) is 0 Å². The van der Waals surface area contributed by atoms with Crippen LogP contribution in [-0.4, -0.2) is 22.2 Å². The second-order valence-electron chi connectivity index (χ2n) is 4.54. The minimum absolute atomic E-state index is 0.0481. The van der Waals surface area contributed by atoms with E-state index >= 15 is 0 Å². The molecule has 0 radical (unpaired) electrons. The van der Waals surface area contributed by atoms with E-state index in [-0.39, 0.29) is 12.0 Å². The Labute approximate surface area is 112 Å². The van der Waals surface area contributed by atoms with Crippen LogP contribution in [0.15, 0.2) is 30.5 Å². The molecule has 0 fully saturated rings. The SMILES string of the molecule is Cc1cn[nH]c1C(=O)Nc1ccccc1OC(C)C. The van der Waals surface area contributed by atoms with Crippen molar-refractivity contribution in [3.8, 4) is 5.75 Å². The summed E-state index contributed by atoms with van der Waals surface area (Å²) in [6.45, 7) is 5.71. The van der Waals surface area contributed by atoms with Gasteiger partial charge in [0.15, 0.2) is 0 Å². The highest BCUT2D eigenvalue weighted by Crippen LogP contribution is 2.25. The quantitative estimate of drug-likeness (QED) is 0.887. The van der Waals surface area contributed by atoms with E-state index in [1.54, 1.807) is 12.3 Å². The van der Waals surface area contributed by atoms with Gasteiger partial charge < -0.3 is 10.1 Å². The lowest BCUT2D eigenvalue weighted by Gasteiger charge is -2.14. The molecule has 0 spiro atoms. The third kappa shape index (κ3) is 3.13. The summed E-state index contributed by atoms with van der Waals surface area (Å²) >= 11 is 0. The van der Waals surface area contributed by atoms with Gasteiger partial charge in [-0.15, -0.1) is 0 Å². The van der Waals surface area contributed by atoms with Crippen molar-refractivity contribution in [2.45, 2.75) is 26.9 Å². The van der Waals surface area contributed by atoms with E-state index in [9.17, 15) is 4.79 Å². The van der Waals surface area contributed by atoms with E-state index in [1.807, 2.05) is 39.0 Å². The number of nitrogens with one attached hydrogen (secondary N) is 2. The molecule has 0 saturated heterocycles. The van der Waals surface area contributed by atoms with Crippen LogP contribution in [0.4, 0.5) is 5.69 Å². The maximum absolute atomic E-state index is 12.1. The third-order valence-corrected chi connectivity index (χ3v) is 2.55. The molecular weight excluding hydrogens is 242 g/mol. The first kappa shape index (κ1) is 13.1. The molecule has 0 saturated carbocycles. The third-order valence-electron chi connectivity index (χ3n) is 2.55. The lowest BCUT2D eigenvalue weighted by atomic mass is 10.2. The minimum atomic E-state index is -0.227. The van der Waals surface area contributed by atoms with E-state index in [0.717, 1.165) is 5.56 Å². The number of carbonyl (C=O) groups excluding carboxylic acids is 1. The van der Waals surface area contributed by atoms with E-state index in [1.165, 1.54) is 0 Å². The number of amides is 1. The second kappa shape index (κ2) is 5.56. The minimum Gasteiger partial charge on any atom is -0.489 e. The molecule has 1 heterocycles. The highest BCUT2D eigenvalue weighted by Gasteiger charge is 2.13. The van der Waals surface area contributed by atoms with Crippen LogP contribution in [-0.2, 0) is 0 Å². The van der Waals surface area contributed by atoms with Crippen LogP contribution in [0.25, 0.3) is 0 Å². The van der Waals surface area contributed by atoms with E-state index in [2.05, 4.69) is 15.5 Å². The van der Waals surface area contributed by atoms with Crippen molar-refractivity contribution < 1.29 is 9.53 Å². The molecular formula is C14H17N3O2. The number of carbonyl (C=O) groups is 1. The first-order chi connectivity index (χ1) is 9.08. The number of aryl methyl sites for hydroxylation is 1. The number of ether oxygens (including phenoxy) is 1. The largest absolute Gasteiger partial charge is 0.489 e. The molecule has 1 amide bonds. The molecule has 0 atom stereocenters. The normalized spacial score (nSPS) is 10.5. The van der Waals surface area contributed by atoms with Crippen LogP contribution in [0.2, 0.25) is 0 Å². The van der Waals surface area contributed by atoms with Gasteiger partial charge in [0.1, 0.15) is 11.4 Å². The van der Waals surface area contributed by atoms with Crippen molar-refractivity contribution >= 4 is 11.6 Å². The number of benzene rings is 1. The molecule has 100 valence electrons. The van der Waals surface area contributed by atoms with Crippen LogP contribution in [0.5, 0.6) is 5.75 Å². The van der Waals surface area contributed by atoms with Gasteiger partial charge in [-0.25, -0.2) is 0 Å². The Morgan fingerprint density at radius 3 is 2.74 bits per heavy atom. The zero-order chi connectivity index (χ0) is 13.8. The topological polar surface area (TPSA) is 67.0 Å². The summed E-state index contributed by atoms with van der Waals surface area (Å²) in [7, 11) is 0. The Morgan fingerprint density at radius 2 is 2.11 bits per heavy atom. The van der Waals surface area contributed by atoms with Crippen molar-refractivity contribution in [3.05, 3.63) is 41.7 Å². The summed E-state index contributed by atoms with van der Waals surface area (Å²) in [4.78, 5) is 12.1. The number of para-hydroxylation sites is 2. The molecule has 0 unspecified atom stereocenters. The maximum Gasteiger partial charge on any atom is 0.274 e. The average Bonchev–Trinajstić information content (AvgIpc) is 2.77. The van der Waals surface area contributed by atoms with Crippen molar-refractivity contribution in [1.82, 2.24) is 10.2 Å². The van der Waals surface area contributed by atoms with E-state index in [4.69, 9.17) is 4.74 Å². The molecule has 0 aliphatic rings. The Kier molecular flexibility index (Phi) is 3.85. The van der Waals surface area contributed by atoms with Crippen LogP contribution >= 0.6 is 0 Å². The lowest BCUT2D eigenvalue weighted by molar-refractivity contribution is 0.102. The molecule has 2 rings (SSSR count).